The molecule has 1 saturated carbocycles. The predicted molar refractivity (Wildman–Crippen MR) is 43.0 cm³/mol. The van der Waals surface area contributed by atoms with Crippen molar-refractivity contribution in [3.05, 3.63) is 0 Å². The number of rotatable bonds is 4. The molecule has 0 bridgehead atoms. The molecule has 3 nitrogen and oxygen atoms in total. The molecule has 1 fully saturated rings. The van der Waals surface area contributed by atoms with Gasteiger partial charge in [-0.05, 0) is 18.8 Å². The molecule has 1 N–H and O–H groups in total. The molecule has 0 radical (unpaired) electrons. The summed E-state index contributed by atoms with van der Waals surface area (Å²) in [5, 5.41) is 0. The standard InChI is InChI=1S/C7H14O3S/c8-11(9,10)6-2-5-7-3-1-4-7/h7H,1-6H2,(H,8,9,10). The highest BCUT2D eigenvalue weighted by Crippen LogP contribution is 2.30. The molecule has 0 amide bonds. The summed E-state index contributed by atoms with van der Waals surface area (Å²) in [5.41, 5.74) is 0. The van der Waals surface area contributed by atoms with Gasteiger partial charge in [-0.1, -0.05) is 19.3 Å². The molecule has 66 valence electrons. The lowest BCUT2D eigenvalue weighted by Crippen LogP contribution is -2.13. The summed E-state index contributed by atoms with van der Waals surface area (Å²) >= 11 is 0. The van der Waals surface area contributed by atoms with Gasteiger partial charge in [-0.2, -0.15) is 8.42 Å². The van der Waals surface area contributed by atoms with E-state index in [2.05, 4.69) is 0 Å². The van der Waals surface area contributed by atoms with Gasteiger partial charge in [-0.15, -0.1) is 0 Å². The molecular formula is C7H14O3S. The molecule has 4 heteroatoms. The van der Waals surface area contributed by atoms with Crippen LogP contribution in [0.1, 0.15) is 32.1 Å². The van der Waals surface area contributed by atoms with Crippen LogP contribution in [0.3, 0.4) is 0 Å². The first-order valence-electron chi connectivity index (χ1n) is 4.03. The number of hydrogen-bond donors (Lipinski definition) is 1. The second-order valence-electron chi connectivity index (χ2n) is 3.23. The Balaban J connectivity index is 2.04. The molecule has 11 heavy (non-hydrogen) atoms. The van der Waals surface area contributed by atoms with Crippen molar-refractivity contribution in [3.63, 3.8) is 0 Å². The van der Waals surface area contributed by atoms with Crippen molar-refractivity contribution in [3.8, 4) is 0 Å². The van der Waals surface area contributed by atoms with E-state index in [0.717, 1.165) is 12.3 Å². The number of hydrogen-bond acceptors (Lipinski definition) is 2. The van der Waals surface area contributed by atoms with Crippen LogP contribution in [-0.2, 0) is 10.1 Å². The molecule has 0 spiro atoms. The molecule has 0 atom stereocenters. The molecule has 0 aromatic rings. The lowest BCUT2D eigenvalue weighted by molar-refractivity contribution is 0.293. The second kappa shape index (κ2) is 3.54. The third-order valence-electron chi connectivity index (χ3n) is 2.24. The van der Waals surface area contributed by atoms with Gasteiger partial charge in [-0.25, -0.2) is 0 Å². The third kappa shape index (κ3) is 3.72. The highest BCUT2D eigenvalue weighted by Gasteiger charge is 2.17. The van der Waals surface area contributed by atoms with E-state index in [1.165, 1.54) is 19.3 Å². The molecule has 0 aromatic heterocycles. The molecule has 0 heterocycles. The lowest BCUT2D eigenvalue weighted by Gasteiger charge is -2.24. The smallest absolute Gasteiger partial charge is 0.264 e. The maximum Gasteiger partial charge on any atom is 0.264 e. The van der Waals surface area contributed by atoms with Crippen LogP contribution in [-0.4, -0.2) is 18.7 Å². The Kier molecular flexibility index (Phi) is 2.90. The normalized spacial score (nSPS) is 19.7. The molecule has 0 unspecified atom stereocenters. The van der Waals surface area contributed by atoms with Crippen LogP contribution in [0.15, 0.2) is 0 Å². The molecule has 0 aliphatic heterocycles. The Bertz CT molecular complexity index is 204. The van der Waals surface area contributed by atoms with Gasteiger partial charge in [0.15, 0.2) is 0 Å². The van der Waals surface area contributed by atoms with Crippen LogP contribution in [0, 0.1) is 5.92 Å². The summed E-state index contributed by atoms with van der Waals surface area (Å²) in [5.74, 6) is 0.667. The van der Waals surface area contributed by atoms with Gasteiger partial charge in [-0.3, -0.25) is 4.55 Å². The van der Waals surface area contributed by atoms with Gasteiger partial charge >= 0.3 is 0 Å². The Morgan fingerprint density at radius 3 is 2.36 bits per heavy atom. The van der Waals surface area contributed by atoms with Crippen molar-refractivity contribution in [2.45, 2.75) is 32.1 Å². The van der Waals surface area contributed by atoms with Crippen LogP contribution < -0.4 is 0 Å². The maximum atomic E-state index is 10.3. The fourth-order valence-corrected chi connectivity index (χ4v) is 1.87. The largest absolute Gasteiger partial charge is 0.286 e. The van der Waals surface area contributed by atoms with E-state index in [4.69, 9.17) is 4.55 Å². The Morgan fingerprint density at radius 1 is 1.36 bits per heavy atom. The van der Waals surface area contributed by atoms with Crippen molar-refractivity contribution >= 4 is 10.1 Å². The van der Waals surface area contributed by atoms with E-state index in [9.17, 15) is 8.42 Å². The summed E-state index contributed by atoms with van der Waals surface area (Å²) < 4.78 is 28.9. The third-order valence-corrected chi connectivity index (χ3v) is 3.04. The average Bonchev–Trinajstić information content (AvgIpc) is 1.73. The van der Waals surface area contributed by atoms with Crippen molar-refractivity contribution in [1.82, 2.24) is 0 Å². The first-order chi connectivity index (χ1) is 5.08. The molecule has 0 saturated heterocycles. The van der Waals surface area contributed by atoms with Crippen LogP contribution in [0.4, 0.5) is 0 Å². The van der Waals surface area contributed by atoms with Crippen molar-refractivity contribution < 1.29 is 13.0 Å². The first kappa shape index (κ1) is 9.00. The summed E-state index contributed by atoms with van der Waals surface area (Å²) in [6.07, 6.45) is 5.34. The molecule has 1 aliphatic carbocycles. The minimum Gasteiger partial charge on any atom is -0.286 e. The van der Waals surface area contributed by atoms with E-state index in [-0.39, 0.29) is 5.75 Å². The van der Waals surface area contributed by atoms with E-state index in [0.29, 0.717) is 6.42 Å². The molecule has 1 aliphatic rings. The summed E-state index contributed by atoms with van der Waals surface area (Å²) in [6.45, 7) is 0. The monoisotopic (exact) mass is 178 g/mol. The molecule has 0 aromatic carbocycles. The van der Waals surface area contributed by atoms with E-state index < -0.39 is 10.1 Å². The van der Waals surface area contributed by atoms with Crippen molar-refractivity contribution in [2.24, 2.45) is 5.92 Å². The second-order valence-corrected chi connectivity index (χ2v) is 4.80. The quantitative estimate of drug-likeness (QED) is 0.663. The Labute approximate surface area is 67.6 Å². The van der Waals surface area contributed by atoms with Gasteiger partial charge in [0.25, 0.3) is 10.1 Å². The highest BCUT2D eigenvalue weighted by atomic mass is 32.2. The van der Waals surface area contributed by atoms with E-state index in [1.54, 1.807) is 0 Å². The fourth-order valence-electron chi connectivity index (χ4n) is 1.34. The van der Waals surface area contributed by atoms with Gasteiger partial charge in [0.05, 0.1) is 5.75 Å². The van der Waals surface area contributed by atoms with E-state index >= 15 is 0 Å². The maximum absolute atomic E-state index is 10.3. The highest BCUT2D eigenvalue weighted by molar-refractivity contribution is 7.85. The Hall–Kier alpha value is -0.0900. The van der Waals surface area contributed by atoms with Crippen LogP contribution in [0.5, 0.6) is 0 Å². The van der Waals surface area contributed by atoms with Crippen molar-refractivity contribution in [1.29, 1.82) is 0 Å². The zero-order chi connectivity index (χ0) is 8.32. The van der Waals surface area contributed by atoms with E-state index in [1.807, 2.05) is 0 Å². The average molecular weight is 178 g/mol. The topological polar surface area (TPSA) is 54.4 Å². The van der Waals surface area contributed by atoms with Crippen molar-refractivity contribution in [2.75, 3.05) is 5.75 Å². The summed E-state index contributed by atoms with van der Waals surface area (Å²) in [7, 11) is -3.70. The van der Waals surface area contributed by atoms with Crippen LogP contribution in [0.25, 0.3) is 0 Å². The SMILES string of the molecule is O=S(=O)(O)CCCC1CCC1. The summed E-state index contributed by atoms with van der Waals surface area (Å²) in [4.78, 5) is 0. The van der Waals surface area contributed by atoms with Crippen LogP contribution >= 0.6 is 0 Å². The molecular weight excluding hydrogens is 164 g/mol. The predicted octanol–water partition coefficient (Wildman–Crippen LogP) is 1.45. The van der Waals surface area contributed by atoms with Crippen LogP contribution in [0.2, 0.25) is 0 Å². The zero-order valence-electron chi connectivity index (χ0n) is 6.49. The molecule has 1 rings (SSSR count). The Morgan fingerprint density at radius 2 is 2.00 bits per heavy atom. The van der Waals surface area contributed by atoms with Gasteiger partial charge < -0.3 is 0 Å². The van der Waals surface area contributed by atoms with Gasteiger partial charge in [0, 0.05) is 0 Å². The van der Waals surface area contributed by atoms with Gasteiger partial charge in [0.1, 0.15) is 0 Å². The van der Waals surface area contributed by atoms with Gasteiger partial charge in [0.2, 0.25) is 0 Å². The minimum absolute atomic E-state index is 0.0660. The summed E-state index contributed by atoms with van der Waals surface area (Å²) in [6, 6.07) is 0. The minimum atomic E-state index is -3.70. The zero-order valence-corrected chi connectivity index (χ0v) is 7.31. The fraction of sp³-hybridized carbons (Fsp3) is 1.00. The lowest BCUT2D eigenvalue weighted by atomic mass is 9.82. The first-order valence-corrected chi connectivity index (χ1v) is 5.64.